The van der Waals surface area contributed by atoms with Gasteiger partial charge in [-0.3, -0.25) is 9.09 Å². The highest BCUT2D eigenvalue weighted by molar-refractivity contribution is 7.66. The van der Waals surface area contributed by atoms with E-state index in [1.165, 1.54) is 4.90 Å². The third-order valence-electron chi connectivity index (χ3n) is 4.67. The van der Waals surface area contributed by atoms with E-state index in [1.54, 1.807) is 14.1 Å². The van der Waals surface area contributed by atoms with Crippen LogP contribution in [0.3, 0.4) is 0 Å². The van der Waals surface area contributed by atoms with Gasteiger partial charge in [0.15, 0.2) is 35.0 Å². The summed E-state index contributed by atoms with van der Waals surface area (Å²) in [6, 6.07) is 0. The number of ether oxygens (including phenoxy) is 1. The average molecular weight is 584 g/mol. The van der Waals surface area contributed by atoms with Crippen LogP contribution in [-0.4, -0.2) is 82.5 Å². The molecule has 18 nitrogen and oxygen atoms in total. The number of aliphatic hydroxyl groups is 1. The van der Waals surface area contributed by atoms with Crippen molar-refractivity contribution in [2.24, 2.45) is 0 Å². The minimum Gasteiger partial charge on any atom is -0.384 e. The molecule has 6 atom stereocenters. The summed E-state index contributed by atoms with van der Waals surface area (Å²) in [7, 11) is -14.2. The first-order chi connectivity index (χ1) is 16.2. The van der Waals surface area contributed by atoms with E-state index in [4.69, 9.17) is 25.2 Å². The van der Waals surface area contributed by atoms with Gasteiger partial charge in [0.1, 0.15) is 6.61 Å². The number of rotatable bonds is 9. The number of nitrogens with zero attached hydrogens (tertiary/aromatic N) is 5. The second-order valence-corrected chi connectivity index (χ2v) is 12.2. The maximum atomic E-state index is 15.5. The van der Waals surface area contributed by atoms with Gasteiger partial charge in [-0.05, 0) is 6.92 Å². The van der Waals surface area contributed by atoms with E-state index in [1.807, 2.05) is 0 Å². The van der Waals surface area contributed by atoms with Gasteiger partial charge in [0.05, 0.1) is 6.33 Å². The molecule has 36 heavy (non-hydrogen) atoms. The van der Waals surface area contributed by atoms with Crippen LogP contribution in [0.5, 0.6) is 0 Å². The van der Waals surface area contributed by atoms with Crippen molar-refractivity contribution in [2.75, 3.05) is 31.3 Å². The van der Waals surface area contributed by atoms with Gasteiger partial charge < -0.3 is 40.1 Å². The van der Waals surface area contributed by atoms with Crippen LogP contribution in [0.25, 0.3) is 11.2 Å². The molecule has 23 heteroatoms. The molecule has 3 heterocycles. The first-order valence-electron chi connectivity index (χ1n) is 9.37. The summed E-state index contributed by atoms with van der Waals surface area (Å²) in [6.45, 7) is -1.03. The predicted molar refractivity (Wildman–Crippen MR) is 113 cm³/mol. The number of hydrogen-bond acceptors (Lipinski definition) is 13. The minimum atomic E-state index is -5.90. The predicted octanol–water partition coefficient (Wildman–Crippen LogP) is 0.101. The van der Waals surface area contributed by atoms with Crippen molar-refractivity contribution in [2.45, 2.75) is 30.8 Å². The normalized spacial score (nSPS) is 30.3. The zero-order chi connectivity index (χ0) is 27.5. The number of halogens is 2. The molecule has 0 aromatic carbocycles. The molecule has 2 aromatic rings. The Morgan fingerprint density at radius 3 is 2.33 bits per heavy atom. The molecule has 0 bridgehead atoms. The van der Waals surface area contributed by atoms with Crippen LogP contribution in [0.4, 0.5) is 20.5 Å². The van der Waals surface area contributed by atoms with E-state index in [0.29, 0.717) is 0 Å². The number of aromatic nitrogens is 4. The fourth-order valence-corrected chi connectivity index (χ4v) is 6.27. The summed E-state index contributed by atoms with van der Waals surface area (Å²) in [5.74, 6) is -3.61. The number of aliphatic hydroxyl groups excluding tert-OH is 1. The second kappa shape index (κ2) is 9.27. The van der Waals surface area contributed by atoms with E-state index in [0.717, 1.165) is 17.8 Å². The molecule has 0 spiro atoms. The first-order valence-corrected chi connectivity index (χ1v) is 13.9. The van der Waals surface area contributed by atoms with Crippen molar-refractivity contribution in [1.82, 2.24) is 19.5 Å². The Bertz CT molecular complexity index is 1310. The van der Waals surface area contributed by atoms with Crippen molar-refractivity contribution in [1.29, 1.82) is 0 Å². The molecule has 2 aromatic heterocycles. The number of phosphoric ester groups is 1. The fourth-order valence-electron chi connectivity index (χ4n) is 3.24. The number of alkyl halides is 2. The van der Waals surface area contributed by atoms with Crippen LogP contribution < -0.4 is 10.6 Å². The molecule has 0 aliphatic carbocycles. The van der Waals surface area contributed by atoms with Gasteiger partial charge in [0.2, 0.25) is 5.95 Å². The van der Waals surface area contributed by atoms with Crippen LogP contribution in [0.1, 0.15) is 13.2 Å². The molecule has 1 aliphatic heterocycles. The Kier molecular flexibility index (Phi) is 7.44. The molecule has 3 rings (SSSR count). The molecule has 204 valence electrons. The molecule has 1 fully saturated rings. The van der Waals surface area contributed by atoms with Gasteiger partial charge in [-0.1, -0.05) is 0 Å². The van der Waals surface area contributed by atoms with E-state index in [9.17, 15) is 23.7 Å². The third kappa shape index (κ3) is 5.91. The largest absolute Gasteiger partial charge is 0.490 e. The van der Waals surface area contributed by atoms with Gasteiger partial charge in [-0.2, -0.15) is 18.6 Å². The molecule has 1 saturated heterocycles. The standard InChI is InChI=1S/C13H21F2N6O12P3/c1-12(14)9(22)13(15,4-30-35(26,27)33-36(28,29)32-34(23,24)25)31-10(12)21-5-17-6-7(20(2)3)18-11(16)19-8(6)21/h5,9-10,22H,4H2,1-3H3,(H,26,27)(H,28,29)(H2,16,18,19)(H2,23,24,25)/t9-,10+,12+,13+/m0/s1. The highest BCUT2D eigenvalue weighted by atomic mass is 31.3. The van der Waals surface area contributed by atoms with Gasteiger partial charge in [0.25, 0.3) is 5.85 Å². The van der Waals surface area contributed by atoms with E-state index in [-0.39, 0.29) is 22.9 Å². The van der Waals surface area contributed by atoms with Crippen LogP contribution in [0.2, 0.25) is 0 Å². The molecule has 0 radical (unpaired) electrons. The molecule has 2 unspecified atom stereocenters. The number of nitrogens with two attached hydrogens (primary N) is 1. The smallest absolute Gasteiger partial charge is 0.384 e. The Labute approximate surface area is 200 Å². The van der Waals surface area contributed by atoms with Crippen molar-refractivity contribution < 1.29 is 65.0 Å². The monoisotopic (exact) mass is 584 g/mol. The third-order valence-corrected chi connectivity index (χ3v) is 8.45. The van der Waals surface area contributed by atoms with Crippen LogP contribution in [-0.2, 0) is 31.6 Å². The van der Waals surface area contributed by atoms with Gasteiger partial charge in [-0.15, -0.1) is 0 Å². The second-order valence-electron chi connectivity index (χ2n) is 7.80. The lowest BCUT2D eigenvalue weighted by Crippen LogP contribution is -2.46. The number of nitrogen functional groups attached to an aromatic ring is 1. The molecule has 1 aliphatic rings. The summed E-state index contributed by atoms with van der Waals surface area (Å²) in [5.41, 5.74) is 2.70. The lowest BCUT2D eigenvalue weighted by molar-refractivity contribution is -0.203. The fraction of sp³-hybridized carbons (Fsp3) is 0.615. The van der Waals surface area contributed by atoms with E-state index >= 15 is 8.78 Å². The molecular weight excluding hydrogens is 563 g/mol. The summed E-state index contributed by atoms with van der Waals surface area (Å²) >= 11 is 0. The maximum absolute atomic E-state index is 15.5. The molecule has 7 N–H and O–H groups in total. The quantitative estimate of drug-likeness (QED) is 0.213. The number of anilines is 2. The lowest BCUT2D eigenvalue weighted by Gasteiger charge is -2.25. The average Bonchev–Trinajstić information content (AvgIpc) is 3.16. The van der Waals surface area contributed by atoms with Crippen LogP contribution >= 0.6 is 23.5 Å². The number of hydrogen-bond donors (Lipinski definition) is 6. The topological polar surface area (TPSA) is 262 Å². The lowest BCUT2D eigenvalue weighted by atomic mass is 9.97. The number of phosphoric acid groups is 3. The Balaban J connectivity index is 1.87. The van der Waals surface area contributed by atoms with Crippen molar-refractivity contribution >= 4 is 46.4 Å². The van der Waals surface area contributed by atoms with Crippen molar-refractivity contribution in [3.05, 3.63) is 6.33 Å². The maximum Gasteiger partial charge on any atom is 0.490 e. The Hall–Kier alpha value is -1.66. The Morgan fingerprint density at radius 1 is 1.17 bits per heavy atom. The first kappa shape index (κ1) is 28.9. The highest BCUT2D eigenvalue weighted by Gasteiger charge is 2.65. The number of fused-ring (bicyclic) bond motifs is 1. The van der Waals surface area contributed by atoms with Gasteiger partial charge >= 0.3 is 23.5 Å². The van der Waals surface area contributed by atoms with E-state index < -0.39 is 53.9 Å². The molecule has 0 amide bonds. The summed E-state index contributed by atoms with van der Waals surface area (Å²) in [6.07, 6.45) is -3.70. The molecular formula is C13H21F2N6O12P3. The zero-order valence-electron chi connectivity index (χ0n) is 18.4. The van der Waals surface area contributed by atoms with Crippen molar-refractivity contribution in [3.8, 4) is 0 Å². The highest BCUT2D eigenvalue weighted by Crippen LogP contribution is 2.66. The summed E-state index contributed by atoms with van der Waals surface area (Å²) in [5, 5.41) is 10.3. The Morgan fingerprint density at radius 2 is 1.78 bits per heavy atom. The van der Waals surface area contributed by atoms with Crippen LogP contribution in [0, 0.1) is 0 Å². The van der Waals surface area contributed by atoms with Gasteiger partial charge in [0, 0.05) is 14.1 Å². The summed E-state index contributed by atoms with van der Waals surface area (Å²) < 4.78 is 82.0. The van der Waals surface area contributed by atoms with E-state index in [2.05, 4.69) is 28.1 Å². The minimum absolute atomic E-state index is 0.104. The molecule has 0 saturated carbocycles. The van der Waals surface area contributed by atoms with Crippen molar-refractivity contribution in [3.63, 3.8) is 0 Å². The number of imidazole rings is 1. The van der Waals surface area contributed by atoms with Gasteiger partial charge in [-0.25, -0.2) is 27.5 Å². The SMILES string of the molecule is CN(C)c1nc(N)nc2c1ncn2[C@@H]1O[C@](F)(COP(=O)(O)OP(=O)(O)OP(=O)(O)O)[C@@H](O)[C@@]1(C)F. The zero-order valence-corrected chi connectivity index (χ0v) is 21.1. The van der Waals surface area contributed by atoms with Crippen LogP contribution in [0.15, 0.2) is 6.33 Å². The summed E-state index contributed by atoms with van der Waals surface area (Å²) in [4.78, 5) is 49.2.